The van der Waals surface area contributed by atoms with E-state index in [9.17, 15) is 18.0 Å². The predicted molar refractivity (Wildman–Crippen MR) is 101 cm³/mol. The molecule has 1 saturated carbocycles. The zero-order chi connectivity index (χ0) is 22.2. The smallest absolute Gasteiger partial charge is 0.475 e. The maximum Gasteiger partial charge on any atom is 0.490 e. The van der Waals surface area contributed by atoms with E-state index < -0.39 is 12.1 Å². The van der Waals surface area contributed by atoms with Crippen molar-refractivity contribution in [2.75, 3.05) is 13.1 Å². The highest BCUT2D eigenvalue weighted by Gasteiger charge is 2.45. The van der Waals surface area contributed by atoms with Gasteiger partial charge in [-0.15, -0.1) is 11.3 Å². The van der Waals surface area contributed by atoms with Crippen LogP contribution in [-0.2, 0) is 9.53 Å². The first-order chi connectivity index (χ1) is 14.7. The van der Waals surface area contributed by atoms with Gasteiger partial charge >= 0.3 is 12.1 Å². The second kappa shape index (κ2) is 8.50. The van der Waals surface area contributed by atoms with Crippen LogP contribution in [0.1, 0.15) is 52.3 Å². The van der Waals surface area contributed by atoms with E-state index in [1.165, 1.54) is 24.7 Å². The molecule has 2 aliphatic heterocycles. The van der Waals surface area contributed by atoms with E-state index in [1.807, 2.05) is 4.90 Å². The van der Waals surface area contributed by atoms with Gasteiger partial charge in [0.05, 0.1) is 29.8 Å². The van der Waals surface area contributed by atoms with Crippen LogP contribution in [0, 0.1) is 5.92 Å². The van der Waals surface area contributed by atoms with Gasteiger partial charge in [-0.1, -0.05) is 0 Å². The fourth-order valence-corrected chi connectivity index (χ4v) is 4.65. The van der Waals surface area contributed by atoms with Gasteiger partial charge in [0.2, 0.25) is 0 Å². The predicted octanol–water partition coefficient (Wildman–Crippen LogP) is 3.05. The summed E-state index contributed by atoms with van der Waals surface area (Å²) < 4.78 is 38.0. The highest BCUT2D eigenvalue weighted by atomic mass is 32.1. The van der Waals surface area contributed by atoms with Crippen molar-refractivity contribution >= 4 is 23.2 Å². The number of ether oxygens (including phenoxy) is 1. The lowest BCUT2D eigenvalue weighted by atomic mass is 10.0. The van der Waals surface area contributed by atoms with E-state index >= 15 is 0 Å². The molecule has 5 rings (SSSR count). The standard InChI is InChI=1S/C17H18N4O2S.C2HF3O2/c22-17(11-3-4-18-19-6-11)21-7-12-5-14(23-15(12)8-21)16-20-13(9-24-16)10-1-2-10;3-2(4,5)1(6)7/h3-4,6,9-10,12,14-15H,1-2,5,7-8H2;(H,6,7)/t12-,14-,15+;/m0./s1. The summed E-state index contributed by atoms with van der Waals surface area (Å²) in [6.45, 7) is 1.41. The van der Waals surface area contributed by atoms with Gasteiger partial charge < -0.3 is 14.7 Å². The monoisotopic (exact) mass is 456 g/mol. The Labute approximate surface area is 179 Å². The van der Waals surface area contributed by atoms with E-state index in [2.05, 4.69) is 15.6 Å². The van der Waals surface area contributed by atoms with E-state index in [-0.39, 0.29) is 18.1 Å². The van der Waals surface area contributed by atoms with Gasteiger partial charge in [-0.25, -0.2) is 9.78 Å². The molecular formula is C19H19F3N4O4S. The third-order valence-corrected chi connectivity index (χ3v) is 6.36. The summed E-state index contributed by atoms with van der Waals surface area (Å²) in [5.74, 6) is -1.64. The molecule has 2 aromatic heterocycles. The van der Waals surface area contributed by atoms with Crippen molar-refractivity contribution in [1.82, 2.24) is 20.1 Å². The molecule has 2 aromatic rings. The Morgan fingerprint density at radius 2 is 1.97 bits per heavy atom. The van der Waals surface area contributed by atoms with Crippen molar-refractivity contribution in [3.05, 3.63) is 40.1 Å². The number of carboxylic acids is 1. The summed E-state index contributed by atoms with van der Waals surface area (Å²) in [7, 11) is 0. The van der Waals surface area contributed by atoms with Crippen LogP contribution in [0.2, 0.25) is 0 Å². The Balaban J connectivity index is 0.000000289. The van der Waals surface area contributed by atoms with Crippen molar-refractivity contribution in [2.24, 2.45) is 5.92 Å². The van der Waals surface area contributed by atoms with Crippen molar-refractivity contribution in [3.8, 4) is 0 Å². The number of halogens is 3. The van der Waals surface area contributed by atoms with Crippen molar-refractivity contribution in [2.45, 2.75) is 43.6 Å². The number of aliphatic carboxylic acids is 1. The first-order valence-electron chi connectivity index (χ1n) is 9.69. The van der Waals surface area contributed by atoms with Gasteiger partial charge in [-0.05, 0) is 25.3 Å². The van der Waals surface area contributed by atoms with Crippen LogP contribution in [0.15, 0.2) is 23.8 Å². The lowest BCUT2D eigenvalue weighted by molar-refractivity contribution is -0.192. The van der Waals surface area contributed by atoms with Gasteiger partial charge in [0.15, 0.2) is 0 Å². The number of nitrogens with zero attached hydrogens (tertiary/aromatic N) is 4. The van der Waals surface area contributed by atoms with E-state index in [4.69, 9.17) is 19.6 Å². The number of rotatable bonds is 3. The quantitative estimate of drug-likeness (QED) is 0.757. The lowest BCUT2D eigenvalue weighted by Crippen LogP contribution is -2.30. The molecule has 1 amide bonds. The van der Waals surface area contributed by atoms with Crippen LogP contribution in [-0.4, -0.2) is 62.4 Å². The van der Waals surface area contributed by atoms with Crippen LogP contribution < -0.4 is 0 Å². The SMILES string of the molecule is O=C(O)C(F)(F)F.O=C(c1ccnnc1)N1C[C@@H]2C[C@@H](c3nc(C4CC4)cs3)O[C@@H]2C1. The first-order valence-corrected chi connectivity index (χ1v) is 10.6. The zero-order valence-corrected chi connectivity index (χ0v) is 17.0. The molecule has 0 aromatic carbocycles. The fraction of sp³-hybridized carbons (Fsp3) is 0.526. The molecule has 31 heavy (non-hydrogen) atoms. The lowest BCUT2D eigenvalue weighted by Gasteiger charge is -2.18. The largest absolute Gasteiger partial charge is 0.490 e. The number of amides is 1. The molecule has 1 aliphatic carbocycles. The number of carboxylic acid groups (broad SMARTS) is 1. The number of hydrogen-bond donors (Lipinski definition) is 1. The summed E-state index contributed by atoms with van der Waals surface area (Å²) in [5, 5.41) is 17.9. The van der Waals surface area contributed by atoms with Crippen molar-refractivity contribution < 1.29 is 32.6 Å². The van der Waals surface area contributed by atoms with Crippen LogP contribution in [0.25, 0.3) is 0 Å². The zero-order valence-electron chi connectivity index (χ0n) is 16.2. The average molecular weight is 456 g/mol. The molecule has 0 unspecified atom stereocenters. The number of carbonyl (C=O) groups excluding carboxylic acids is 1. The third kappa shape index (κ3) is 5.01. The highest BCUT2D eigenvalue weighted by Crippen LogP contribution is 2.45. The Bertz CT molecular complexity index is 937. The minimum Gasteiger partial charge on any atom is -0.475 e. The van der Waals surface area contributed by atoms with Crippen LogP contribution in [0.5, 0.6) is 0 Å². The summed E-state index contributed by atoms with van der Waals surface area (Å²) in [6, 6.07) is 1.71. The van der Waals surface area contributed by atoms with Gasteiger partial charge in [0, 0.05) is 30.3 Å². The van der Waals surface area contributed by atoms with Crippen molar-refractivity contribution in [3.63, 3.8) is 0 Å². The molecule has 2 saturated heterocycles. The second-order valence-electron chi connectivity index (χ2n) is 7.69. The number of likely N-dealkylation sites (tertiary alicyclic amines) is 1. The van der Waals surface area contributed by atoms with Gasteiger partial charge in [0.1, 0.15) is 11.1 Å². The van der Waals surface area contributed by atoms with Crippen molar-refractivity contribution in [1.29, 1.82) is 0 Å². The number of aromatic nitrogens is 3. The molecule has 166 valence electrons. The van der Waals surface area contributed by atoms with Crippen LogP contribution in [0.4, 0.5) is 13.2 Å². The number of alkyl halides is 3. The molecule has 0 radical (unpaired) electrons. The molecule has 1 N–H and O–H groups in total. The molecule has 0 spiro atoms. The Morgan fingerprint density at radius 3 is 2.55 bits per heavy atom. The summed E-state index contributed by atoms with van der Waals surface area (Å²) in [4.78, 5) is 28.1. The van der Waals surface area contributed by atoms with E-state index in [0.29, 0.717) is 23.9 Å². The maximum atomic E-state index is 12.5. The van der Waals surface area contributed by atoms with Crippen LogP contribution in [0.3, 0.4) is 0 Å². The van der Waals surface area contributed by atoms with E-state index in [0.717, 1.165) is 18.0 Å². The second-order valence-corrected chi connectivity index (χ2v) is 8.58. The molecule has 0 bridgehead atoms. The van der Waals surface area contributed by atoms with Gasteiger partial charge in [-0.3, -0.25) is 4.79 Å². The van der Waals surface area contributed by atoms with Gasteiger partial charge in [-0.2, -0.15) is 23.4 Å². The molecule has 12 heteroatoms. The first kappa shape index (κ1) is 21.6. The summed E-state index contributed by atoms with van der Waals surface area (Å²) in [5.41, 5.74) is 1.84. The molecule has 3 fully saturated rings. The topological polar surface area (TPSA) is 106 Å². The maximum absolute atomic E-state index is 12.5. The minimum atomic E-state index is -5.08. The number of thiazole rings is 1. The Hall–Kier alpha value is -2.60. The highest BCUT2D eigenvalue weighted by molar-refractivity contribution is 7.09. The third-order valence-electron chi connectivity index (χ3n) is 5.41. The Kier molecular flexibility index (Phi) is 5.93. The normalized spacial score (nSPS) is 25.0. The van der Waals surface area contributed by atoms with Crippen LogP contribution >= 0.6 is 11.3 Å². The van der Waals surface area contributed by atoms with E-state index in [1.54, 1.807) is 23.6 Å². The molecular weight excluding hydrogens is 437 g/mol. The average Bonchev–Trinajstić information content (AvgIpc) is 3.14. The number of fused-ring (bicyclic) bond motifs is 1. The molecule has 8 nitrogen and oxygen atoms in total. The fourth-order valence-electron chi connectivity index (χ4n) is 3.70. The number of carbonyl (C=O) groups is 2. The molecule has 3 atom stereocenters. The minimum absolute atomic E-state index is 0.0183. The molecule has 4 heterocycles. The van der Waals surface area contributed by atoms with Gasteiger partial charge in [0.25, 0.3) is 5.91 Å². The number of hydrogen-bond acceptors (Lipinski definition) is 7. The summed E-state index contributed by atoms with van der Waals surface area (Å²) in [6.07, 6.45) is 1.74. The summed E-state index contributed by atoms with van der Waals surface area (Å²) >= 11 is 1.73. The Morgan fingerprint density at radius 1 is 1.23 bits per heavy atom. The molecule has 3 aliphatic rings.